The smallest absolute Gasteiger partial charge is 0.170 e. The average Bonchev–Trinajstić information content (AvgIpc) is 2.70. The fourth-order valence-electron chi connectivity index (χ4n) is 1.96. The van der Waals surface area contributed by atoms with Crippen LogP contribution < -0.4 is 0 Å². The number of hydrogen-bond acceptors (Lipinski definition) is 2. The number of carbonyl (C=O) groups is 1. The van der Waals surface area contributed by atoms with Crippen LogP contribution in [0.25, 0.3) is 0 Å². The zero-order valence-corrected chi connectivity index (χ0v) is 10.4. The molecule has 0 N–H and O–H groups in total. The SMILES string of the molecule is Cc1cccc(C)c1CC(=O)c1cnn(C)c1. The maximum Gasteiger partial charge on any atom is 0.170 e. The number of Topliss-reactive ketones (excluding diaryl/α,β-unsaturated/α-hetero) is 1. The third-order valence-electron chi connectivity index (χ3n) is 3.01. The number of aryl methyl sites for hydroxylation is 3. The van der Waals surface area contributed by atoms with Crippen LogP contribution in [0.4, 0.5) is 0 Å². The lowest BCUT2D eigenvalue weighted by Gasteiger charge is -2.07. The van der Waals surface area contributed by atoms with Crippen LogP contribution in [0, 0.1) is 13.8 Å². The number of ketones is 1. The summed E-state index contributed by atoms with van der Waals surface area (Å²) in [6.07, 6.45) is 3.83. The number of rotatable bonds is 3. The Labute approximate surface area is 101 Å². The van der Waals surface area contributed by atoms with Gasteiger partial charge in [0.2, 0.25) is 0 Å². The van der Waals surface area contributed by atoms with Crippen molar-refractivity contribution in [3.05, 3.63) is 52.8 Å². The molecule has 0 unspecified atom stereocenters. The summed E-state index contributed by atoms with van der Waals surface area (Å²) in [5.74, 6) is 0.121. The van der Waals surface area contributed by atoms with Crippen molar-refractivity contribution in [2.45, 2.75) is 20.3 Å². The molecule has 17 heavy (non-hydrogen) atoms. The molecule has 0 aliphatic heterocycles. The van der Waals surface area contributed by atoms with E-state index in [0.717, 1.165) is 5.56 Å². The number of hydrogen-bond donors (Lipinski definition) is 0. The van der Waals surface area contributed by atoms with Crippen molar-refractivity contribution >= 4 is 5.78 Å². The van der Waals surface area contributed by atoms with E-state index in [-0.39, 0.29) is 5.78 Å². The highest BCUT2D eigenvalue weighted by atomic mass is 16.1. The largest absolute Gasteiger partial charge is 0.294 e. The lowest BCUT2D eigenvalue weighted by molar-refractivity contribution is 0.0992. The van der Waals surface area contributed by atoms with Crippen LogP contribution >= 0.6 is 0 Å². The average molecular weight is 228 g/mol. The highest BCUT2D eigenvalue weighted by molar-refractivity contribution is 5.97. The monoisotopic (exact) mass is 228 g/mol. The third-order valence-corrected chi connectivity index (χ3v) is 3.01. The summed E-state index contributed by atoms with van der Waals surface area (Å²) in [6, 6.07) is 6.10. The van der Waals surface area contributed by atoms with Crippen LogP contribution in [0.1, 0.15) is 27.0 Å². The second-order valence-electron chi connectivity index (χ2n) is 4.37. The van der Waals surface area contributed by atoms with Crippen LogP contribution in [0.3, 0.4) is 0 Å². The molecule has 0 radical (unpaired) electrons. The molecule has 3 heteroatoms. The molecule has 88 valence electrons. The second kappa shape index (κ2) is 4.53. The number of carbonyl (C=O) groups excluding carboxylic acids is 1. The molecule has 1 heterocycles. The number of nitrogens with zero attached hydrogens (tertiary/aromatic N) is 2. The Bertz CT molecular complexity index is 535. The van der Waals surface area contributed by atoms with E-state index in [0.29, 0.717) is 12.0 Å². The zero-order chi connectivity index (χ0) is 12.4. The highest BCUT2D eigenvalue weighted by Gasteiger charge is 2.11. The molecule has 1 aromatic heterocycles. The minimum Gasteiger partial charge on any atom is -0.294 e. The molecule has 0 aliphatic carbocycles. The normalized spacial score (nSPS) is 10.5. The van der Waals surface area contributed by atoms with Gasteiger partial charge in [0.15, 0.2) is 5.78 Å². The Hall–Kier alpha value is -1.90. The molecule has 0 spiro atoms. The number of benzene rings is 1. The molecular formula is C14H16N2O. The highest BCUT2D eigenvalue weighted by Crippen LogP contribution is 2.16. The third kappa shape index (κ3) is 2.44. The van der Waals surface area contributed by atoms with E-state index in [9.17, 15) is 4.79 Å². The maximum absolute atomic E-state index is 12.1. The maximum atomic E-state index is 12.1. The Morgan fingerprint density at radius 3 is 2.47 bits per heavy atom. The summed E-state index contributed by atoms with van der Waals surface area (Å²) in [7, 11) is 1.82. The molecule has 0 bridgehead atoms. The van der Waals surface area contributed by atoms with Crippen molar-refractivity contribution < 1.29 is 4.79 Å². The molecule has 2 aromatic rings. The van der Waals surface area contributed by atoms with Crippen molar-refractivity contribution in [3.8, 4) is 0 Å². The van der Waals surface area contributed by atoms with E-state index in [4.69, 9.17) is 0 Å². The van der Waals surface area contributed by atoms with Gasteiger partial charge in [0.05, 0.1) is 11.8 Å². The van der Waals surface area contributed by atoms with Crippen molar-refractivity contribution in [1.82, 2.24) is 9.78 Å². The fourth-order valence-corrected chi connectivity index (χ4v) is 1.96. The summed E-state index contributed by atoms with van der Waals surface area (Å²) in [5.41, 5.74) is 4.14. The lowest BCUT2D eigenvalue weighted by atomic mass is 9.97. The second-order valence-corrected chi connectivity index (χ2v) is 4.37. The molecule has 0 fully saturated rings. The predicted octanol–water partition coefficient (Wildman–Crippen LogP) is 2.46. The van der Waals surface area contributed by atoms with Crippen molar-refractivity contribution in [1.29, 1.82) is 0 Å². The van der Waals surface area contributed by atoms with Gasteiger partial charge in [0.1, 0.15) is 0 Å². The topological polar surface area (TPSA) is 34.9 Å². The standard InChI is InChI=1S/C14H16N2O/c1-10-5-4-6-11(2)13(10)7-14(17)12-8-15-16(3)9-12/h4-6,8-9H,7H2,1-3H3. The molecule has 0 amide bonds. The van der Waals surface area contributed by atoms with Gasteiger partial charge in [-0.15, -0.1) is 0 Å². The molecule has 0 saturated heterocycles. The molecular weight excluding hydrogens is 212 g/mol. The van der Waals surface area contributed by atoms with Crippen LogP contribution in [0.5, 0.6) is 0 Å². The van der Waals surface area contributed by atoms with Gasteiger partial charge >= 0.3 is 0 Å². The summed E-state index contributed by atoms with van der Waals surface area (Å²) in [4.78, 5) is 12.1. The fraction of sp³-hybridized carbons (Fsp3) is 0.286. The van der Waals surface area contributed by atoms with E-state index >= 15 is 0 Å². The first-order valence-corrected chi connectivity index (χ1v) is 5.65. The van der Waals surface area contributed by atoms with E-state index in [2.05, 4.69) is 5.10 Å². The lowest BCUT2D eigenvalue weighted by Crippen LogP contribution is -2.05. The van der Waals surface area contributed by atoms with Gasteiger partial charge in [0.25, 0.3) is 0 Å². The van der Waals surface area contributed by atoms with E-state index in [1.165, 1.54) is 11.1 Å². The van der Waals surface area contributed by atoms with Crippen LogP contribution in [-0.4, -0.2) is 15.6 Å². The van der Waals surface area contributed by atoms with Crippen LogP contribution in [0.2, 0.25) is 0 Å². The van der Waals surface area contributed by atoms with Crippen molar-refractivity contribution in [2.75, 3.05) is 0 Å². The Morgan fingerprint density at radius 1 is 1.29 bits per heavy atom. The van der Waals surface area contributed by atoms with Crippen LogP contribution in [-0.2, 0) is 13.5 Å². The first-order valence-electron chi connectivity index (χ1n) is 5.65. The Morgan fingerprint density at radius 2 is 1.94 bits per heavy atom. The van der Waals surface area contributed by atoms with Gasteiger partial charge < -0.3 is 0 Å². The Kier molecular flexibility index (Phi) is 3.09. The van der Waals surface area contributed by atoms with Gasteiger partial charge in [-0.25, -0.2) is 0 Å². The Balaban J connectivity index is 2.24. The van der Waals surface area contributed by atoms with Gasteiger partial charge in [0, 0.05) is 19.7 Å². The van der Waals surface area contributed by atoms with Gasteiger partial charge in [-0.1, -0.05) is 18.2 Å². The molecule has 3 nitrogen and oxygen atoms in total. The van der Waals surface area contributed by atoms with Crippen molar-refractivity contribution in [2.24, 2.45) is 7.05 Å². The van der Waals surface area contributed by atoms with Crippen LogP contribution in [0.15, 0.2) is 30.6 Å². The van der Waals surface area contributed by atoms with Gasteiger partial charge in [-0.3, -0.25) is 9.48 Å². The quantitative estimate of drug-likeness (QED) is 0.756. The summed E-state index contributed by atoms with van der Waals surface area (Å²) in [5, 5.41) is 4.02. The molecule has 1 aromatic carbocycles. The molecule has 2 rings (SSSR count). The minimum absolute atomic E-state index is 0.121. The first kappa shape index (κ1) is 11.6. The molecule has 0 aliphatic rings. The minimum atomic E-state index is 0.121. The molecule has 0 saturated carbocycles. The van der Waals surface area contributed by atoms with Gasteiger partial charge in [-0.2, -0.15) is 5.10 Å². The summed E-state index contributed by atoms with van der Waals surface area (Å²) in [6.45, 7) is 4.08. The van der Waals surface area contributed by atoms with Crippen molar-refractivity contribution in [3.63, 3.8) is 0 Å². The summed E-state index contributed by atoms with van der Waals surface area (Å²) >= 11 is 0. The zero-order valence-electron chi connectivity index (χ0n) is 10.4. The van der Waals surface area contributed by atoms with Gasteiger partial charge in [-0.05, 0) is 30.5 Å². The van der Waals surface area contributed by atoms with E-state index < -0.39 is 0 Å². The molecule has 0 atom stereocenters. The summed E-state index contributed by atoms with van der Waals surface area (Å²) < 4.78 is 1.65. The number of aromatic nitrogens is 2. The predicted molar refractivity (Wildman–Crippen MR) is 67.2 cm³/mol. The van der Waals surface area contributed by atoms with E-state index in [1.807, 2.05) is 39.1 Å². The first-order chi connectivity index (χ1) is 8.08. The van der Waals surface area contributed by atoms with E-state index in [1.54, 1.807) is 17.1 Å².